The summed E-state index contributed by atoms with van der Waals surface area (Å²) in [5.74, 6) is 1.53. The molecule has 3 heterocycles. The molecule has 0 saturated carbocycles. The normalized spacial score (nSPS) is 10.4. The number of pyridine rings is 2. The Hall–Kier alpha value is -3.45. The van der Waals surface area contributed by atoms with Gasteiger partial charge in [0.1, 0.15) is 11.3 Å². The van der Waals surface area contributed by atoms with Gasteiger partial charge in [-0.1, -0.05) is 26.0 Å². The molecule has 4 aromatic rings. The first kappa shape index (κ1) is 19.3. The van der Waals surface area contributed by atoms with Gasteiger partial charge in [-0.15, -0.1) is 0 Å². The third kappa shape index (κ3) is 3.52. The Kier molecular flexibility index (Phi) is 5.86. The van der Waals surface area contributed by atoms with Crippen LogP contribution < -0.4 is 10.5 Å². The summed E-state index contributed by atoms with van der Waals surface area (Å²) in [6.45, 7) is 3.99. The standard InChI is InChI=1S/C19H17N5O2.C2H6/c1-26-16-9-8-15-19(23-16)24(13-6-4-12(11-25)5-7-13)18(22-15)14-3-2-10-21-17(14)20;1-2/h2-10,25H,11H2,1H3,(H2,20,21);1-2H3. The zero-order valence-electron chi connectivity index (χ0n) is 16.1. The predicted octanol–water partition coefficient (Wildman–Crippen LogP) is 3.59. The van der Waals surface area contributed by atoms with Crippen molar-refractivity contribution in [2.75, 3.05) is 12.8 Å². The Bertz CT molecular complexity index is 1070. The largest absolute Gasteiger partial charge is 0.481 e. The number of aromatic nitrogens is 4. The van der Waals surface area contributed by atoms with E-state index in [2.05, 4.69) is 9.97 Å². The lowest BCUT2D eigenvalue weighted by molar-refractivity contribution is 0.282. The summed E-state index contributed by atoms with van der Waals surface area (Å²) in [7, 11) is 1.57. The highest BCUT2D eigenvalue weighted by atomic mass is 16.5. The van der Waals surface area contributed by atoms with E-state index in [1.54, 1.807) is 19.4 Å². The Morgan fingerprint density at radius 3 is 2.43 bits per heavy atom. The molecule has 0 radical (unpaired) electrons. The van der Waals surface area contributed by atoms with Gasteiger partial charge in [-0.25, -0.2) is 9.97 Å². The van der Waals surface area contributed by atoms with E-state index >= 15 is 0 Å². The summed E-state index contributed by atoms with van der Waals surface area (Å²) in [5, 5.41) is 9.30. The highest BCUT2D eigenvalue weighted by molar-refractivity contribution is 5.83. The van der Waals surface area contributed by atoms with Crippen molar-refractivity contribution < 1.29 is 9.84 Å². The lowest BCUT2D eigenvalue weighted by Gasteiger charge is -2.11. The van der Waals surface area contributed by atoms with Crippen molar-refractivity contribution >= 4 is 17.0 Å². The Labute approximate surface area is 163 Å². The van der Waals surface area contributed by atoms with Gasteiger partial charge in [0.05, 0.1) is 19.3 Å². The molecule has 0 aliphatic carbocycles. The molecule has 7 heteroatoms. The molecule has 0 aliphatic rings. The van der Waals surface area contributed by atoms with Crippen LogP contribution in [0.3, 0.4) is 0 Å². The van der Waals surface area contributed by atoms with Crippen molar-refractivity contribution in [3.05, 3.63) is 60.3 Å². The highest BCUT2D eigenvalue weighted by Gasteiger charge is 2.18. The van der Waals surface area contributed by atoms with Crippen LogP contribution in [0.15, 0.2) is 54.7 Å². The van der Waals surface area contributed by atoms with Crippen LogP contribution in [0.4, 0.5) is 5.82 Å². The molecule has 144 valence electrons. The second-order valence-electron chi connectivity index (χ2n) is 5.73. The van der Waals surface area contributed by atoms with Crippen molar-refractivity contribution in [3.63, 3.8) is 0 Å². The van der Waals surface area contributed by atoms with Gasteiger partial charge in [-0.3, -0.25) is 4.57 Å². The van der Waals surface area contributed by atoms with E-state index in [1.165, 1.54) is 0 Å². The van der Waals surface area contributed by atoms with Crippen LogP contribution in [0, 0.1) is 0 Å². The summed E-state index contributed by atoms with van der Waals surface area (Å²) in [6, 6.07) is 14.8. The molecule has 0 bridgehead atoms. The van der Waals surface area contributed by atoms with E-state index in [4.69, 9.17) is 15.5 Å². The number of benzene rings is 1. The number of methoxy groups -OCH3 is 1. The smallest absolute Gasteiger partial charge is 0.215 e. The summed E-state index contributed by atoms with van der Waals surface area (Å²) >= 11 is 0. The van der Waals surface area contributed by atoms with Gasteiger partial charge >= 0.3 is 0 Å². The average Bonchev–Trinajstić information content (AvgIpc) is 3.13. The summed E-state index contributed by atoms with van der Waals surface area (Å²) < 4.78 is 7.18. The topological polar surface area (TPSA) is 99.1 Å². The molecule has 7 nitrogen and oxygen atoms in total. The van der Waals surface area contributed by atoms with Crippen LogP contribution in [0.1, 0.15) is 19.4 Å². The Morgan fingerprint density at radius 2 is 1.79 bits per heavy atom. The zero-order valence-corrected chi connectivity index (χ0v) is 16.1. The van der Waals surface area contributed by atoms with Crippen LogP contribution in [-0.2, 0) is 6.61 Å². The molecular weight excluding hydrogens is 354 g/mol. The quantitative estimate of drug-likeness (QED) is 0.564. The molecule has 0 unspecified atom stereocenters. The Morgan fingerprint density at radius 1 is 1.04 bits per heavy atom. The van der Waals surface area contributed by atoms with E-state index in [-0.39, 0.29) is 6.61 Å². The molecule has 0 amide bonds. The number of ether oxygens (including phenoxy) is 1. The summed E-state index contributed by atoms with van der Waals surface area (Å²) in [5.41, 5.74) is 9.84. The maximum Gasteiger partial charge on any atom is 0.215 e. The number of hydrogen-bond donors (Lipinski definition) is 2. The first-order valence-electron chi connectivity index (χ1n) is 9.06. The SMILES string of the molecule is CC.COc1ccc2nc(-c3cccnc3N)n(-c3ccc(CO)cc3)c2n1. The number of fused-ring (bicyclic) bond motifs is 1. The monoisotopic (exact) mass is 377 g/mol. The van der Waals surface area contributed by atoms with Crippen molar-refractivity contribution in [2.45, 2.75) is 20.5 Å². The maximum absolute atomic E-state index is 9.30. The van der Waals surface area contributed by atoms with Crippen molar-refractivity contribution in [1.29, 1.82) is 0 Å². The number of nitrogens with two attached hydrogens (primary N) is 1. The number of hydrogen-bond acceptors (Lipinski definition) is 6. The third-order valence-electron chi connectivity index (χ3n) is 4.14. The van der Waals surface area contributed by atoms with Crippen LogP contribution in [0.5, 0.6) is 5.88 Å². The number of anilines is 1. The lowest BCUT2D eigenvalue weighted by atomic mass is 10.2. The number of nitrogen functional groups attached to an aromatic ring is 1. The molecule has 0 atom stereocenters. The molecule has 3 aromatic heterocycles. The molecule has 0 spiro atoms. The fourth-order valence-corrected chi connectivity index (χ4v) is 2.84. The van der Waals surface area contributed by atoms with E-state index < -0.39 is 0 Å². The number of rotatable bonds is 4. The Balaban J connectivity index is 0.00000109. The number of nitrogens with zero attached hydrogens (tertiary/aromatic N) is 4. The van der Waals surface area contributed by atoms with E-state index in [0.29, 0.717) is 23.2 Å². The van der Waals surface area contributed by atoms with Crippen molar-refractivity contribution in [2.24, 2.45) is 0 Å². The average molecular weight is 377 g/mol. The minimum absolute atomic E-state index is 0.0144. The zero-order chi connectivity index (χ0) is 20.1. The van der Waals surface area contributed by atoms with Crippen LogP contribution in [-0.4, -0.2) is 31.7 Å². The highest BCUT2D eigenvalue weighted by Crippen LogP contribution is 2.31. The second kappa shape index (κ2) is 8.49. The molecule has 4 rings (SSSR count). The lowest BCUT2D eigenvalue weighted by Crippen LogP contribution is -2.02. The third-order valence-corrected chi connectivity index (χ3v) is 4.14. The molecule has 0 saturated heterocycles. The van der Waals surface area contributed by atoms with Gasteiger partial charge in [0.2, 0.25) is 5.88 Å². The minimum atomic E-state index is -0.0144. The number of aliphatic hydroxyl groups is 1. The van der Waals surface area contributed by atoms with Gasteiger partial charge in [-0.2, -0.15) is 4.98 Å². The van der Waals surface area contributed by atoms with Gasteiger partial charge in [-0.05, 0) is 35.9 Å². The molecular formula is C21H23N5O2. The number of imidazole rings is 1. The van der Waals surface area contributed by atoms with Crippen LogP contribution >= 0.6 is 0 Å². The van der Waals surface area contributed by atoms with Crippen LogP contribution in [0.2, 0.25) is 0 Å². The first-order chi connectivity index (χ1) is 13.7. The molecule has 1 aromatic carbocycles. The first-order valence-corrected chi connectivity index (χ1v) is 9.06. The van der Waals surface area contributed by atoms with E-state index in [0.717, 1.165) is 22.3 Å². The fraction of sp³-hybridized carbons (Fsp3) is 0.190. The van der Waals surface area contributed by atoms with Crippen molar-refractivity contribution in [1.82, 2.24) is 19.5 Å². The summed E-state index contributed by atoms with van der Waals surface area (Å²) in [4.78, 5) is 13.4. The van der Waals surface area contributed by atoms with E-state index in [1.807, 2.05) is 60.9 Å². The molecule has 0 fully saturated rings. The van der Waals surface area contributed by atoms with E-state index in [9.17, 15) is 5.11 Å². The second-order valence-corrected chi connectivity index (χ2v) is 5.73. The molecule has 0 aliphatic heterocycles. The summed E-state index contributed by atoms with van der Waals surface area (Å²) in [6.07, 6.45) is 1.64. The van der Waals surface area contributed by atoms with Gasteiger partial charge in [0.15, 0.2) is 11.5 Å². The predicted molar refractivity (Wildman–Crippen MR) is 110 cm³/mol. The van der Waals surface area contributed by atoms with Gasteiger partial charge in [0, 0.05) is 18.0 Å². The van der Waals surface area contributed by atoms with Crippen molar-refractivity contribution in [3.8, 4) is 23.0 Å². The number of aliphatic hydroxyl groups excluding tert-OH is 1. The van der Waals surface area contributed by atoms with Crippen LogP contribution in [0.25, 0.3) is 28.2 Å². The fourth-order valence-electron chi connectivity index (χ4n) is 2.84. The van der Waals surface area contributed by atoms with Gasteiger partial charge in [0.25, 0.3) is 0 Å². The van der Waals surface area contributed by atoms with Gasteiger partial charge < -0.3 is 15.6 Å². The minimum Gasteiger partial charge on any atom is -0.481 e. The molecule has 3 N–H and O–H groups in total. The molecule has 28 heavy (non-hydrogen) atoms. The maximum atomic E-state index is 9.30.